The Morgan fingerprint density at radius 1 is 0.686 bits per heavy atom. The van der Waals surface area contributed by atoms with Gasteiger partial charge in [-0.3, -0.25) is 19.3 Å². The maximum Gasteiger partial charge on any atom is 0.414 e. The molecule has 7 N–H and O–H groups in total. The van der Waals surface area contributed by atoms with Gasteiger partial charge in [-0.25, -0.2) is 14.4 Å². The van der Waals surface area contributed by atoms with E-state index < -0.39 is 54.8 Å². The van der Waals surface area contributed by atoms with Crippen molar-refractivity contribution in [3.8, 4) is 40.6 Å². The predicted molar refractivity (Wildman–Crippen MR) is 366 cm³/mol. The Morgan fingerprint density at radius 2 is 1.34 bits per heavy atom. The first-order valence-electron chi connectivity index (χ1n) is 35.3. The number of aliphatic hydroxyl groups excluding tert-OH is 3. The number of carboxylic acid groups (broad SMARTS) is 1. The summed E-state index contributed by atoms with van der Waals surface area (Å²) in [5.41, 5.74) is 4.43. The molecule has 0 radical (unpaired) electrons. The number of hydrogen-bond acceptors (Lipinski definition) is 22. The molecule has 8 aliphatic rings. The first-order valence-corrected chi connectivity index (χ1v) is 35.3. The lowest BCUT2D eigenvalue weighted by Gasteiger charge is -2.38. The zero-order chi connectivity index (χ0) is 71.3. The number of amides is 5. The molecule has 102 heavy (non-hydrogen) atoms. The molecule has 10 atom stereocenters. The molecule has 0 aromatic heterocycles. The van der Waals surface area contributed by atoms with E-state index in [9.17, 15) is 49.2 Å². The Kier molecular flexibility index (Phi) is 24.4. The summed E-state index contributed by atoms with van der Waals surface area (Å²) in [5, 5.41) is 50.5. The van der Waals surface area contributed by atoms with Crippen molar-refractivity contribution in [2.75, 3.05) is 129 Å². The number of unbranched alkanes of at least 4 members (excludes halogenated alkanes) is 2. The summed E-state index contributed by atoms with van der Waals surface area (Å²) in [6, 6.07) is 19.0. The summed E-state index contributed by atoms with van der Waals surface area (Å²) in [6.07, 6.45) is -1.75. The van der Waals surface area contributed by atoms with Gasteiger partial charge >= 0.3 is 18.2 Å². The van der Waals surface area contributed by atoms with Gasteiger partial charge in [0.15, 0.2) is 29.1 Å². The molecule has 12 rings (SSSR count). The average molecular weight is 1420 g/mol. The zero-order valence-electron chi connectivity index (χ0n) is 57.6. The number of aliphatic carboxylic acids is 1. The second kappa shape index (κ2) is 34.1. The van der Waals surface area contributed by atoms with E-state index in [0.717, 1.165) is 50.5 Å². The molecule has 5 amide bonds. The average Bonchev–Trinajstić information content (AvgIpc) is 1.57. The third-order valence-electron chi connectivity index (χ3n) is 20.3. The quantitative estimate of drug-likeness (QED) is 0.0203. The van der Waals surface area contributed by atoms with E-state index >= 15 is 0 Å². The zero-order valence-corrected chi connectivity index (χ0v) is 57.6. The first-order chi connectivity index (χ1) is 49.6. The van der Waals surface area contributed by atoms with Crippen molar-refractivity contribution >= 4 is 52.9 Å². The van der Waals surface area contributed by atoms with Crippen molar-refractivity contribution in [1.82, 2.24) is 15.1 Å². The number of anilines is 3. The summed E-state index contributed by atoms with van der Waals surface area (Å²) in [5.74, 6) is 6.97. The minimum Gasteiger partial charge on any atom is -0.493 e. The Morgan fingerprint density at radius 3 is 2.03 bits per heavy atom. The Bertz CT molecular complexity index is 3690. The number of nitrogens with zero attached hydrogens (tertiary/aromatic N) is 3. The number of alkyl carbamates (subject to hydrolysis) is 1. The van der Waals surface area contributed by atoms with Gasteiger partial charge in [0.1, 0.15) is 30.7 Å². The van der Waals surface area contributed by atoms with Crippen molar-refractivity contribution in [2.45, 2.75) is 133 Å². The number of methoxy groups -OCH3 is 2. The Hall–Kier alpha value is -8.66. The molecular formula is C74H92N6O22. The van der Waals surface area contributed by atoms with Crippen LogP contribution in [0.1, 0.15) is 108 Å². The first kappa shape index (κ1) is 73.1. The molecule has 4 aromatic rings. The number of nitrogens with one attached hydrogen (secondary N) is 3. The normalized spacial score (nSPS) is 24.0. The predicted octanol–water partition coefficient (Wildman–Crippen LogP) is 6.31. The van der Waals surface area contributed by atoms with E-state index in [1.807, 2.05) is 28.0 Å². The van der Waals surface area contributed by atoms with Crippen molar-refractivity contribution < 1.29 is 106 Å². The van der Waals surface area contributed by atoms with E-state index in [1.54, 1.807) is 25.3 Å². The molecule has 4 fully saturated rings. The van der Waals surface area contributed by atoms with E-state index in [4.69, 9.17) is 56.8 Å². The van der Waals surface area contributed by atoms with Crippen LogP contribution >= 0.6 is 0 Å². The maximum absolute atomic E-state index is 14.7. The molecule has 3 aliphatic carbocycles. The van der Waals surface area contributed by atoms with Crippen LogP contribution in [0.25, 0.3) is 0 Å². The number of ether oxygens (including phenoxy) is 12. The molecule has 550 valence electrons. The Balaban J connectivity index is 0.614. The topological polar surface area (TPSA) is 340 Å². The largest absolute Gasteiger partial charge is 0.493 e. The lowest BCUT2D eigenvalue weighted by atomic mass is 9.94. The number of carboxylic acids is 1. The lowest BCUT2D eigenvalue weighted by molar-refractivity contribution is -0.271. The highest BCUT2D eigenvalue weighted by Gasteiger charge is 2.56. The summed E-state index contributed by atoms with van der Waals surface area (Å²) in [6.45, 7) is 4.63. The number of aliphatic hydroxyl groups is 3. The monoisotopic (exact) mass is 1420 g/mol. The Labute approximate surface area is 591 Å². The number of fused-ring (bicyclic) bond motifs is 6. The molecule has 0 bridgehead atoms. The molecule has 4 aromatic carbocycles. The van der Waals surface area contributed by atoms with Crippen LogP contribution in [-0.4, -0.2) is 222 Å². The van der Waals surface area contributed by atoms with Crippen LogP contribution in [0.3, 0.4) is 0 Å². The fraction of sp³-hybridized carbons (Fsp3) is 0.568. The molecule has 28 nitrogen and oxygen atoms in total. The lowest BCUT2D eigenvalue weighted by Crippen LogP contribution is -2.61. The second-order valence-corrected chi connectivity index (χ2v) is 27.1. The van der Waals surface area contributed by atoms with Gasteiger partial charge < -0.3 is 103 Å². The minimum atomic E-state index is -1.99. The van der Waals surface area contributed by atoms with Gasteiger partial charge in [-0.15, -0.1) is 11.8 Å². The SMILES string of the molecule is COc1cc2c(cc1OCCCCCOc1cc3c(cc1OC)C(=O)N1CC4(CC4)C[C@H]1CN3C(=O)OCc1ccc(O[C@@H]3O[C@H](C(=O)O)[C@@H](O)[C@H](O)[C@H]3O)c(NC(=O)CCOCCOCCOCCOCCNC(=O)OCC3[C@H]4CCC#CCC[C@@H]34)c1)NC[C@@H]1Cc3ccccc3CN1C2=O. The van der Waals surface area contributed by atoms with Gasteiger partial charge in [0.25, 0.3) is 11.8 Å². The molecule has 5 heterocycles. The third kappa shape index (κ3) is 17.9. The number of carbonyl (C=O) groups excluding carboxylic acids is 5. The third-order valence-corrected chi connectivity index (χ3v) is 20.3. The van der Waals surface area contributed by atoms with Crippen LogP contribution in [0.15, 0.2) is 66.7 Å². The molecule has 28 heteroatoms. The van der Waals surface area contributed by atoms with Crippen LogP contribution in [0, 0.1) is 35.0 Å². The standard InChI is InChI=1S/C74H92N6O22/c1-91-59-34-52-55(76-39-48-33-46-12-8-9-13-47(46)40-78(48)68(52)85)36-61(59)97-22-10-5-11-23-98-62-37-57-53(35-60(62)92-2)69(86)80-44-74(19-20-74)38-49(80)41-79(57)73(90)100-42-45-16-17-58(101-71-66(84)64(82)65(83)67(102-71)70(87)88)56(32-45)77-63(81)18-24-93-26-28-95-30-31-96-29-27-94-25-21-75-72(89)99-43-54-50-14-6-3-4-7-15-51(50)54/h8-9,12-13,16-17,32,34-37,48-51,54,64-67,71,76,82-84H,5-7,10-11,14-15,18-31,33,38-44H2,1-2H3,(H,75,89)(H,77,81)(H,87,88)/t48-,49-,50-,51+,54?,64-,65-,66+,67-,71+/m0/s1. The van der Waals surface area contributed by atoms with E-state index in [0.29, 0.717) is 149 Å². The summed E-state index contributed by atoms with van der Waals surface area (Å²) in [7, 11) is 3.03. The highest BCUT2D eigenvalue weighted by atomic mass is 16.7. The van der Waals surface area contributed by atoms with E-state index in [-0.39, 0.29) is 105 Å². The van der Waals surface area contributed by atoms with Crippen molar-refractivity contribution in [3.63, 3.8) is 0 Å². The maximum atomic E-state index is 14.7. The molecule has 1 unspecified atom stereocenters. The van der Waals surface area contributed by atoms with E-state index in [2.05, 4.69) is 39.9 Å². The summed E-state index contributed by atoms with van der Waals surface area (Å²) < 4.78 is 69.3. The highest BCUT2D eigenvalue weighted by molar-refractivity contribution is 6.06. The fourth-order valence-corrected chi connectivity index (χ4v) is 14.5. The summed E-state index contributed by atoms with van der Waals surface area (Å²) >= 11 is 0. The van der Waals surface area contributed by atoms with Gasteiger partial charge in [-0.1, -0.05) is 30.3 Å². The van der Waals surface area contributed by atoms with Crippen molar-refractivity contribution in [3.05, 3.63) is 94.5 Å². The minimum absolute atomic E-state index is 0.00185. The van der Waals surface area contributed by atoms with Crippen LogP contribution in [0.2, 0.25) is 0 Å². The van der Waals surface area contributed by atoms with Crippen molar-refractivity contribution in [2.24, 2.45) is 23.2 Å². The smallest absolute Gasteiger partial charge is 0.414 e. The van der Waals surface area contributed by atoms with Crippen LogP contribution in [-0.2, 0) is 62.3 Å². The molecule has 2 saturated heterocycles. The second-order valence-electron chi connectivity index (χ2n) is 27.1. The molecule has 5 aliphatic heterocycles. The number of benzene rings is 4. The number of hydrogen-bond donors (Lipinski definition) is 7. The van der Waals surface area contributed by atoms with Crippen LogP contribution < -0.4 is 44.5 Å². The molecule has 2 saturated carbocycles. The van der Waals surface area contributed by atoms with Crippen molar-refractivity contribution in [1.29, 1.82) is 0 Å². The van der Waals surface area contributed by atoms with Gasteiger partial charge in [0.2, 0.25) is 12.2 Å². The van der Waals surface area contributed by atoms with Crippen LogP contribution in [0.4, 0.5) is 26.7 Å². The van der Waals surface area contributed by atoms with Crippen LogP contribution in [0.5, 0.6) is 28.7 Å². The van der Waals surface area contributed by atoms with Gasteiger partial charge in [-0.2, -0.15) is 0 Å². The fourth-order valence-electron chi connectivity index (χ4n) is 14.5. The van der Waals surface area contributed by atoms with Gasteiger partial charge in [-0.05, 0) is 122 Å². The summed E-state index contributed by atoms with van der Waals surface area (Å²) in [4.78, 5) is 86.1. The number of carbonyl (C=O) groups is 6. The number of rotatable bonds is 33. The molecular weight excluding hydrogens is 1320 g/mol. The van der Waals surface area contributed by atoms with E-state index in [1.165, 1.54) is 35.8 Å². The van der Waals surface area contributed by atoms with Gasteiger partial charge in [0, 0.05) is 57.7 Å². The highest BCUT2D eigenvalue weighted by Crippen LogP contribution is 2.56. The van der Waals surface area contributed by atoms with Gasteiger partial charge in [0.05, 0.1) is 134 Å². The molecule has 1 spiro atoms.